The molecule has 0 saturated carbocycles. The van der Waals surface area contributed by atoms with Gasteiger partial charge in [0.25, 0.3) is 5.69 Å². The van der Waals surface area contributed by atoms with Crippen LogP contribution in [0.4, 0.5) is 17.1 Å². The zero-order chi connectivity index (χ0) is 29.5. The van der Waals surface area contributed by atoms with Crippen molar-refractivity contribution in [3.63, 3.8) is 0 Å². The van der Waals surface area contributed by atoms with Gasteiger partial charge >= 0.3 is 0 Å². The van der Waals surface area contributed by atoms with Gasteiger partial charge in [-0.15, -0.1) is 16.4 Å². The predicted octanol–water partition coefficient (Wildman–Crippen LogP) is 4.71. The number of carbonyl (C=O) groups excluding carboxylic acids is 2. The van der Waals surface area contributed by atoms with Crippen LogP contribution in [-0.2, 0) is 16.1 Å². The SMILES string of the molecule is COc1ccc(NC(=O)CSc2nc3ccc(NC(=O)CSc4nnnn4Cc4ccccc4)cc3s2)c([N+](=O)[O-])c1. The number of rotatable bonds is 12. The van der Waals surface area contributed by atoms with Crippen molar-refractivity contribution < 1.29 is 19.2 Å². The van der Waals surface area contributed by atoms with E-state index in [0.717, 1.165) is 15.8 Å². The fourth-order valence-electron chi connectivity index (χ4n) is 3.73. The third-order valence-electron chi connectivity index (χ3n) is 5.66. The predicted molar refractivity (Wildman–Crippen MR) is 161 cm³/mol. The Morgan fingerprint density at radius 3 is 2.60 bits per heavy atom. The lowest BCUT2D eigenvalue weighted by molar-refractivity contribution is -0.384. The van der Waals surface area contributed by atoms with E-state index in [1.54, 1.807) is 16.8 Å². The van der Waals surface area contributed by atoms with Crippen LogP contribution in [0.25, 0.3) is 10.2 Å². The van der Waals surface area contributed by atoms with Crippen molar-refractivity contribution in [1.29, 1.82) is 0 Å². The van der Waals surface area contributed by atoms with E-state index < -0.39 is 10.8 Å². The maximum atomic E-state index is 12.6. The van der Waals surface area contributed by atoms with Gasteiger partial charge < -0.3 is 15.4 Å². The van der Waals surface area contributed by atoms with Crippen LogP contribution in [0, 0.1) is 10.1 Å². The molecule has 0 saturated heterocycles. The minimum Gasteiger partial charge on any atom is -0.496 e. The molecule has 0 unspecified atom stereocenters. The van der Waals surface area contributed by atoms with Crippen LogP contribution in [0.15, 0.2) is 76.2 Å². The van der Waals surface area contributed by atoms with Crippen LogP contribution >= 0.6 is 34.9 Å². The maximum absolute atomic E-state index is 12.6. The summed E-state index contributed by atoms with van der Waals surface area (Å²) in [4.78, 5) is 40.4. The fraction of sp³-hybridized carbons (Fsp3) is 0.154. The molecule has 0 bridgehead atoms. The normalized spacial score (nSPS) is 10.9. The average molecular weight is 623 g/mol. The number of hydrogen-bond acceptors (Lipinski definition) is 12. The molecule has 2 aromatic heterocycles. The lowest BCUT2D eigenvalue weighted by atomic mass is 10.2. The number of fused-ring (bicyclic) bond motifs is 1. The lowest BCUT2D eigenvalue weighted by Gasteiger charge is -2.07. The van der Waals surface area contributed by atoms with Crippen molar-refractivity contribution in [1.82, 2.24) is 25.2 Å². The van der Waals surface area contributed by atoms with E-state index in [0.29, 0.717) is 27.5 Å². The van der Waals surface area contributed by atoms with E-state index in [-0.39, 0.29) is 28.8 Å². The van der Waals surface area contributed by atoms with Gasteiger partial charge in [0.2, 0.25) is 17.0 Å². The standard InChI is InChI=1S/C26H22N8O5S3/c1-39-18-8-10-19(21(12-18)34(37)38)28-24(36)15-41-26-29-20-9-7-17(11-22(20)42-26)27-23(35)14-40-25-30-31-32-33(25)13-16-5-3-2-4-6-16/h2-12H,13-15H2,1H3,(H,27,35)(H,28,36). The number of nitrogens with one attached hydrogen (secondary N) is 2. The number of methoxy groups -OCH3 is 1. The summed E-state index contributed by atoms with van der Waals surface area (Å²) < 4.78 is 8.15. The molecule has 2 heterocycles. The molecule has 3 aromatic carbocycles. The number of anilines is 2. The number of ether oxygens (including phenoxy) is 1. The third-order valence-corrected chi connectivity index (χ3v) is 8.78. The molecule has 0 aliphatic heterocycles. The van der Waals surface area contributed by atoms with E-state index >= 15 is 0 Å². The second-order valence-corrected chi connectivity index (χ2v) is 11.8. The van der Waals surface area contributed by atoms with Gasteiger partial charge in [0.15, 0.2) is 4.34 Å². The summed E-state index contributed by atoms with van der Waals surface area (Å²) in [7, 11) is 1.41. The number of nitro groups is 1. The van der Waals surface area contributed by atoms with E-state index in [4.69, 9.17) is 4.74 Å². The second-order valence-electron chi connectivity index (χ2n) is 8.58. The van der Waals surface area contributed by atoms with Gasteiger partial charge in [-0.25, -0.2) is 9.67 Å². The average Bonchev–Trinajstić information content (AvgIpc) is 3.61. The quantitative estimate of drug-likeness (QED) is 0.112. The number of aromatic nitrogens is 5. The summed E-state index contributed by atoms with van der Waals surface area (Å²) in [6.45, 7) is 0.503. The minimum absolute atomic E-state index is 0.00751. The topological polar surface area (TPSA) is 167 Å². The number of thioether (sulfide) groups is 2. The zero-order valence-corrected chi connectivity index (χ0v) is 24.4. The molecule has 0 aliphatic carbocycles. The van der Waals surface area contributed by atoms with Gasteiger partial charge in [-0.2, -0.15) is 0 Å². The summed E-state index contributed by atoms with van der Waals surface area (Å²) in [6, 6.07) is 19.4. The molecule has 13 nitrogen and oxygen atoms in total. The first-order valence-corrected chi connectivity index (χ1v) is 15.0. The van der Waals surface area contributed by atoms with Gasteiger partial charge in [0.05, 0.1) is 46.4 Å². The number of thiazole rings is 1. The fourth-order valence-corrected chi connectivity index (χ4v) is 6.32. The first kappa shape index (κ1) is 29.0. The first-order chi connectivity index (χ1) is 20.4. The molecule has 0 fully saturated rings. The Kier molecular flexibility index (Phi) is 9.25. The van der Waals surface area contributed by atoms with Crippen LogP contribution in [0.5, 0.6) is 5.75 Å². The van der Waals surface area contributed by atoms with E-state index in [1.165, 1.54) is 60.2 Å². The molecular formula is C26H22N8O5S3. The van der Waals surface area contributed by atoms with Crippen LogP contribution in [0.1, 0.15) is 5.56 Å². The summed E-state index contributed by atoms with van der Waals surface area (Å²) in [5.41, 5.74) is 2.21. The Balaban J connectivity index is 1.14. The number of hydrogen-bond donors (Lipinski definition) is 2. The van der Waals surface area contributed by atoms with Crippen LogP contribution < -0.4 is 15.4 Å². The van der Waals surface area contributed by atoms with Crippen molar-refractivity contribution in [3.05, 3.63) is 82.4 Å². The molecule has 0 spiro atoms. The number of benzene rings is 3. The molecule has 2 N–H and O–H groups in total. The molecule has 16 heteroatoms. The van der Waals surface area contributed by atoms with E-state index in [9.17, 15) is 19.7 Å². The van der Waals surface area contributed by atoms with Gasteiger partial charge in [0, 0.05) is 5.69 Å². The van der Waals surface area contributed by atoms with Crippen LogP contribution in [0.3, 0.4) is 0 Å². The van der Waals surface area contributed by atoms with E-state index in [1.807, 2.05) is 36.4 Å². The number of amides is 2. The summed E-state index contributed by atoms with van der Waals surface area (Å²) >= 11 is 3.83. The third kappa shape index (κ3) is 7.39. The highest BCUT2D eigenvalue weighted by Crippen LogP contribution is 2.32. The van der Waals surface area contributed by atoms with Crippen molar-refractivity contribution in [2.24, 2.45) is 0 Å². The smallest absolute Gasteiger partial charge is 0.296 e. The number of nitro benzene ring substituents is 1. The maximum Gasteiger partial charge on any atom is 0.296 e. The highest BCUT2D eigenvalue weighted by Gasteiger charge is 2.18. The monoisotopic (exact) mass is 622 g/mol. The van der Waals surface area contributed by atoms with Crippen molar-refractivity contribution in [2.45, 2.75) is 16.0 Å². The molecule has 5 rings (SSSR count). The molecule has 42 heavy (non-hydrogen) atoms. The molecule has 214 valence electrons. The lowest BCUT2D eigenvalue weighted by Crippen LogP contribution is -2.15. The van der Waals surface area contributed by atoms with Crippen LogP contribution in [0.2, 0.25) is 0 Å². The van der Waals surface area contributed by atoms with Gasteiger partial charge in [0.1, 0.15) is 11.4 Å². The van der Waals surface area contributed by atoms with Gasteiger partial charge in [-0.3, -0.25) is 19.7 Å². The summed E-state index contributed by atoms with van der Waals surface area (Å²) in [5.74, 6) is -0.172. The number of carbonyl (C=O) groups is 2. The van der Waals surface area contributed by atoms with Crippen LogP contribution in [-0.4, -0.2) is 60.5 Å². The molecule has 0 atom stereocenters. The molecule has 0 radical (unpaired) electrons. The zero-order valence-electron chi connectivity index (χ0n) is 21.9. The Bertz CT molecular complexity index is 1740. The number of tetrazole rings is 1. The Labute approximate surface area is 251 Å². The largest absolute Gasteiger partial charge is 0.496 e. The highest BCUT2D eigenvalue weighted by atomic mass is 32.2. The van der Waals surface area contributed by atoms with E-state index in [2.05, 4.69) is 31.1 Å². The summed E-state index contributed by atoms with van der Waals surface area (Å²) in [5, 5.41) is 29.1. The Hall–Kier alpha value is -4.54. The minimum atomic E-state index is -0.580. The second kappa shape index (κ2) is 13.4. The molecule has 0 aliphatic rings. The van der Waals surface area contributed by atoms with Crippen molar-refractivity contribution in [2.75, 3.05) is 29.2 Å². The Morgan fingerprint density at radius 1 is 1.02 bits per heavy atom. The van der Waals surface area contributed by atoms with Gasteiger partial charge in [-0.05, 0) is 46.3 Å². The summed E-state index contributed by atoms with van der Waals surface area (Å²) in [6.07, 6.45) is 0. The van der Waals surface area contributed by atoms with Gasteiger partial charge in [-0.1, -0.05) is 53.9 Å². The molecular weight excluding hydrogens is 601 g/mol. The Morgan fingerprint density at radius 2 is 1.81 bits per heavy atom. The van der Waals surface area contributed by atoms with Crippen molar-refractivity contribution in [3.8, 4) is 5.75 Å². The highest BCUT2D eigenvalue weighted by molar-refractivity contribution is 8.01. The van der Waals surface area contributed by atoms with Crippen molar-refractivity contribution >= 4 is 74.0 Å². The molecule has 2 amide bonds. The number of nitrogens with zero attached hydrogens (tertiary/aromatic N) is 6. The first-order valence-electron chi connectivity index (χ1n) is 12.3. The molecule has 5 aromatic rings.